The van der Waals surface area contributed by atoms with Crippen LogP contribution in [0.15, 0.2) is 36.4 Å². The molecule has 7 heteroatoms. The van der Waals surface area contributed by atoms with Crippen molar-refractivity contribution in [2.24, 2.45) is 0 Å². The molecule has 0 aliphatic rings. The van der Waals surface area contributed by atoms with Gasteiger partial charge in [-0.2, -0.15) is 0 Å². The Morgan fingerprint density at radius 3 is 2.00 bits per heavy atom. The summed E-state index contributed by atoms with van der Waals surface area (Å²) in [7, 11) is 0. The highest BCUT2D eigenvalue weighted by atomic mass is 16.6. The Morgan fingerprint density at radius 2 is 1.47 bits per heavy atom. The summed E-state index contributed by atoms with van der Waals surface area (Å²) in [4.78, 5) is 41.4. The fourth-order valence-electron chi connectivity index (χ4n) is 4.11. The summed E-state index contributed by atoms with van der Waals surface area (Å²) in [6.07, 6.45) is -0.687. The van der Waals surface area contributed by atoms with Gasteiger partial charge in [0, 0.05) is 11.2 Å². The highest BCUT2D eigenvalue weighted by Gasteiger charge is 2.39. The average molecular weight is 496 g/mol. The molecular weight excluding hydrogens is 454 g/mol. The maximum Gasteiger partial charge on any atom is 0.408 e. The van der Waals surface area contributed by atoms with E-state index < -0.39 is 29.2 Å². The first-order valence-corrected chi connectivity index (χ1v) is 12.2. The molecule has 0 heterocycles. The lowest BCUT2D eigenvalue weighted by molar-refractivity contribution is -0.144. The number of hydrogen-bond acceptors (Lipinski definition) is 4. The highest BCUT2D eigenvalue weighted by molar-refractivity contribution is 5.99. The molecule has 0 saturated carbocycles. The second-order valence-electron chi connectivity index (χ2n) is 11.3. The summed E-state index contributed by atoms with van der Waals surface area (Å²) >= 11 is 0. The van der Waals surface area contributed by atoms with Gasteiger partial charge in [0.25, 0.3) is 5.91 Å². The SMILES string of the molecule is Cc1ccc(C)c(C(C(=O)Nc2c(C)cccc2C)N(C(=O)CNC(=O)OC(C)(C)C)C(C)(C)C)c1. The van der Waals surface area contributed by atoms with Gasteiger partial charge in [-0.05, 0) is 91.5 Å². The van der Waals surface area contributed by atoms with Crippen LogP contribution >= 0.6 is 0 Å². The number of para-hydroxylation sites is 1. The van der Waals surface area contributed by atoms with Gasteiger partial charge in [0.05, 0.1) is 0 Å². The Kier molecular flexibility index (Phi) is 8.94. The fourth-order valence-corrected chi connectivity index (χ4v) is 4.11. The Hall–Kier alpha value is -3.35. The second kappa shape index (κ2) is 11.1. The zero-order chi connectivity index (χ0) is 27.4. The monoisotopic (exact) mass is 495 g/mol. The third kappa shape index (κ3) is 7.57. The summed E-state index contributed by atoms with van der Waals surface area (Å²) < 4.78 is 5.29. The molecule has 7 nitrogen and oxygen atoms in total. The smallest absolute Gasteiger partial charge is 0.408 e. The summed E-state index contributed by atoms with van der Waals surface area (Å²) in [6.45, 7) is 18.4. The predicted molar refractivity (Wildman–Crippen MR) is 144 cm³/mol. The molecule has 1 atom stereocenters. The third-order valence-electron chi connectivity index (χ3n) is 5.74. The van der Waals surface area contributed by atoms with Crippen LogP contribution in [0, 0.1) is 27.7 Å². The molecule has 0 radical (unpaired) electrons. The Balaban J connectivity index is 2.53. The Morgan fingerprint density at radius 1 is 0.889 bits per heavy atom. The van der Waals surface area contributed by atoms with Gasteiger partial charge in [0.1, 0.15) is 18.2 Å². The largest absolute Gasteiger partial charge is 0.444 e. The van der Waals surface area contributed by atoms with E-state index in [2.05, 4.69) is 10.6 Å². The van der Waals surface area contributed by atoms with Crippen LogP contribution in [0.25, 0.3) is 0 Å². The number of nitrogens with zero attached hydrogens (tertiary/aromatic N) is 1. The van der Waals surface area contributed by atoms with Crippen molar-refractivity contribution in [3.8, 4) is 0 Å². The quantitative estimate of drug-likeness (QED) is 0.534. The van der Waals surface area contributed by atoms with Crippen molar-refractivity contribution in [1.82, 2.24) is 10.2 Å². The fraction of sp³-hybridized carbons (Fsp3) is 0.483. The van der Waals surface area contributed by atoms with Gasteiger partial charge in [-0.3, -0.25) is 9.59 Å². The van der Waals surface area contributed by atoms with Crippen LogP contribution in [0.3, 0.4) is 0 Å². The average Bonchev–Trinajstić information content (AvgIpc) is 2.72. The number of carbonyl (C=O) groups is 3. The normalized spacial score (nSPS) is 12.5. The first kappa shape index (κ1) is 28.9. The molecule has 0 aliphatic carbocycles. The van der Waals surface area contributed by atoms with Gasteiger partial charge in [-0.1, -0.05) is 42.0 Å². The maximum atomic E-state index is 14.0. The van der Waals surface area contributed by atoms with Gasteiger partial charge in [0.15, 0.2) is 0 Å². The molecule has 3 amide bonds. The molecule has 2 N–H and O–H groups in total. The van der Waals surface area contributed by atoms with Crippen LogP contribution in [-0.2, 0) is 14.3 Å². The van der Waals surface area contributed by atoms with E-state index in [1.54, 1.807) is 25.7 Å². The van der Waals surface area contributed by atoms with E-state index >= 15 is 0 Å². The summed E-state index contributed by atoms with van der Waals surface area (Å²) in [5.74, 6) is -0.711. The Bertz CT molecular complexity index is 1110. The lowest BCUT2D eigenvalue weighted by Gasteiger charge is -2.42. The zero-order valence-corrected chi connectivity index (χ0v) is 23.3. The van der Waals surface area contributed by atoms with Crippen LogP contribution in [-0.4, -0.2) is 40.5 Å². The van der Waals surface area contributed by atoms with Crippen molar-refractivity contribution in [3.63, 3.8) is 0 Å². The number of nitrogens with one attached hydrogen (secondary N) is 2. The number of rotatable bonds is 6. The van der Waals surface area contributed by atoms with E-state index in [0.717, 1.165) is 33.5 Å². The number of benzene rings is 2. The van der Waals surface area contributed by atoms with Crippen molar-refractivity contribution >= 4 is 23.6 Å². The van der Waals surface area contributed by atoms with Crippen molar-refractivity contribution in [2.75, 3.05) is 11.9 Å². The molecule has 196 valence electrons. The van der Waals surface area contributed by atoms with Crippen LogP contribution in [0.2, 0.25) is 0 Å². The van der Waals surface area contributed by atoms with Crippen molar-refractivity contribution < 1.29 is 19.1 Å². The van der Waals surface area contributed by atoms with Crippen LogP contribution < -0.4 is 10.6 Å². The molecule has 36 heavy (non-hydrogen) atoms. The first-order valence-electron chi connectivity index (χ1n) is 12.2. The molecule has 2 aromatic carbocycles. The molecule has 0 saturated heterocycles. The van der Waals surface area contributed by atoms with Gasteiger partial charge >= 0.3 is 6.09 Å². The van der Waals surface area contributed by atoms with Gasteiger partial charge in [-0.25, -0.2) is 4.79 Å². The predicted octanol–water partition coefficient (Wildman–Crippen LogP) is 5.75. The van der Waals surface area contributed by atoms with Crippen LogP contribution in [0.1, 0.15) is 75.4 Å². The van der Waals surface area contributed by atoms with Gasteiger partial charge < -0.3 is 20.3 Å². The first-order chi connectivity index (χ1) is 16.5. The lowest BCUT2D eigenvalue weighted by Crippen LogP contribution is -2.54. The Labute approximate surface area is 215 Å². The summed E-state index contributed by atoms with van der Waals surface area (Å²) in [6, 6.07) is 10.8. The molecule has 0 fully saturated rings. The lowest BCUT2D eigenvalue weighted by atomic mass is 9.92. The van der Waals surface area contributed by atoms with Gasteiger partial charge in [-0.15, -0.1) is 0 Å². The molecule has 0 aromatic heterocycles. The van der Waals surface area contributed by atoms with Crippen molar-refractivity contribution in [1.29, 1.82) is 0 Å². The molecular formula is C29H41N3O4. The van der Waals surface area contributed by atoms with E-state index in [9.17, 15) is 14.4 Å². The number of amides is 3. The zero-order valence-electron chi connectivity index (χ0n) is 23.3. The number of anilines is 1. The molecule has 2 rings (SSSR count). The molecule has 0 spiro atoms. The van der Waals surface area contributed by atoms with E-state index in [1.165, 1.54) is 0 Å². The van der Waals surface area contributed by atoms with Crippen LogP contribution in [0.5, 0.6) is 0 Å². The minimum Gasteiger partial charge on any atom is -0.444 e. The van der Waals surface area contributed by atoms with Crippen LogP contribution in [0.4, 0.5) is 10.5 Å². The minimum absolute atomic E-state index is 0.301. The minimum atomic E-state index is -0.920. The number of carbonyl (C=O) groups excluding carboxylic acids is 3. The van der Waals surface area contributed by atoms with E-state index in [-0.39, 0.29) is 12.5 Å². The maximum absolute atomic E-state index is 14.0. The number of aryl methyl sites for hydroxylation is 4. The molecule has 0 aliphatic heterocycles. The van der Waals surface area contributed by atoms with E-state index in [4.69, 9.17) is 4.74 Å². The van der Waals surface area contributed by atoms with Crippen molar-refractivity contribution in [2.45, 2.75) is 86.4 Å². The molecule has 0 bridgehead atoms. The topological polar surface area (TPSA) is 87.7 Å². The van der Waals surface area contributed by atoms with Gasteiger partial charge in [0.2, 0.25) is 5.91 Å². The van der Waals surface area contributed by atoms with Crippen molar-refractivity contribution in [3.05, 3.63) is 64.2 Å². The third-order valence-corrected chi connectivity index (χ3v) is 5.74. The van der Waals surface area contributed by atoms with E-state index in [1.807, 2.05) is 84.9 Å². The molecule has 1 unspecified atom stereocenters. The summed E-state index contributed by atoms with van der Waals surface area (Å²) in [5.41, 5.74) is 3.78. The number of hydrogen-bond donors (Lipinski definition) is 2. The molecule has 2 aromatic rings. The number of alkyl carbamates (subject to hydrolysis) is 1. The number of ether oxygens (including phenoxy) is 1. The highest BCUT2D eigenvalue weighted by Crippen LogP contribution is 2.33. The standard InChI is InChI=1S/C29H41N3O4/c1-18-14-15-19(2)22(16-18)25(26(34)31-24-20(3)12-11-13-21(24)4)32(28(5,6)7)23(33)17-30-27(35)36-29(8,9)10/h11-16,25H,17H2,1-10H3,(H,30,35)(H,31,34). The van der Waals surface area contributed by atoms with E-state index in [0.29, 0.717) is 0 Å². The summed E-state index contributed by atoms with van der Waals surface area (Å²) in [5, 5.41) is 5.63. The second-order valence-corrected chi connectivity index (χ2v) is 11.3.